The number of nitrogens with zero attached hydrogens (tertiary/aromatic N) is 3. The zero-order chi connectivity index (χ0) is 19.1. The molecule has 27 heavy (non-hydrogen) atoms. The van der Waals surface area contributed by atoms with Gasteiger partial charge >= 0.3 is 0 Å². The number of allylic oxidation sites excluding steroid dienone is 4. The highest BCUT2D eigenvalue weighted by Gasteiger charge is 2.49. The SMILES string of the molecule is C[C@H]1COCCN1c1cc(C2(S(C)(=O)=O)CCC2)nc(C2=CC[CH]C=C2)n1. The predicted molar refractivity (Wildman–Crippen MR) is 106 cm³/mol. The Morgan fingerprint density at radius 2 is 2.11 bits per heavy atom. The lowest BCUT2D eigenvalue weighted by molar-refractivity contribution is 0.0985. The maximum Gasteiger partial charge on any atom is 0.161 e. The van der Waals surface area contributed by atoms with E-state index in [0.717, 1.165) is 30.8 Å². The Hall–Kier alpha value is -1.73. The third kappa shape index (κ3) is 3.31. The molecule has 0 amide bonds. The fourth-order valence-electron chi connectivity index (χ4n) is 4.01. The third-order valence-corrected chi connectivity index (χ3v) is 7.89. The van der Waals surface area contributed by atoms with E-state index < -0.39 is 14.6 Å². The van der Waals surface area contributed by atoms with Crippen molar-refractivity contribution >= 4 is 21.2 Å². The molecule has 1 saturated heterocycles. The van der Waals surface area contributed by atoms with E-state index in [9.17, 15) is 8.42 Å². The predicted octanol–water partition coefficient (Wildman–Crippen LogP) is 2.67. The molecule has 0 N–H and O–H groups in total. The Morgan fingerprint density at radius 3 is 2.70 bits per heavy atom. The number of rotatable bonds is 4. The average molecular weight is 389 g/mol. The molecule has 0 bridgehead atoms. The Labute approximate surface area is 161 Å². The zero-order valence-corrected chi connectivity index (χ0v) is 16.7. The Bertz CT molecular complexity index is 888. The molecule has 0 aromatic carbocycles. The molecule has 1 atom stereocenters. The van der Waals surface area contributed by atoms with Gasteiger partial charge in [0.1, 0.15) is 10.6 Å². The molecule has 2 aliphatic carbocycles. The molecular weight excluding hydrogens is 362 g/mol. The van der Waals surface area contributed by atoms with Crippen LogP contribution < -0.4 is 4.90 Å². The molecule has 3 aliphatic rings. The van der Waals surface area contributed by atoms with E-state index >= 15 is 0 Å². The zero-order valence-electron chi connectivity index (χ0n) is 15.9. The molecule has 1 radical (unpaired) electrons. The van der Waals surface area contributed by atoms with Gasteiger partial charge in [-0.25, -0.2) is 18.4 Å². The van der Waals surface area contributed by atoms with Crippen LogP contribution in [0.25, 0.3) is 5.57 Å². The van der Waals surface area contributed by atoms with Crippen molar-refractivity contribution in [2.75, 3.05) is 30.9 Å². The maximum absolute atomic E-state index is 12.6. The lowest BCUT2D eigenvalue weighted by atomic mass is 9.81. The largest absolute Gasteiger partial charge is 0.377 e. The van der Waals surface area contributed by atoms with Gasteiger partial charge in [0, 0.05) is 24.4 Å². The van der Waals surface area contributed by atoms with E-state index in [4.69, 9.17) is 14.7 Å². The number of sulfone groups is 1. The first kappa shape index (κ1) is 18.6. The van der Waals surface area contributed by atoms with Gasteiger partial charge in [0.05, 0.1) is 24.9 Å². The van der Waals surface area contributed by atoms with Crippen molar-refractivity contribution in [3.63, 3.8) is 0 Å². The minimum atomic E-state index is -3.27. The van der Waals surface area contributed by atoms with Crippen LogP contribution >= 0.6 is 0 Å². The normalized spacial score (nSPS) is 25.0. The summed E-state index contributed by atoms with van der Waals surface area (Å²) in [6.07, 6.45) is 12.5. The summed E-state index contributed by atoms with van der Waals surface area (Å²) in [5.74, 6) is 1.41. The number of hydrogen-bond donors (Lipinski definition) is 0. The smallest absolute Gasteiger partial charge is 0.161 e. The van der Waals surface area contributed by atoms with Gasteiger partial charge in [-0.3, -0.25) is 0 Å². The second-order valence-corrected chi connectivity index (χ2v) is 9.99. The molecule has 7 heteroatoms. The van der Waals surface area contributed by atoms with Crippen LogP contribution in [0.3, 0.4) is 0 Å². The number of morpholine rings is 1. The van der Waals surface area contributed by atoms with Gasteiger partial charge in [-0.05, 0) is 39.0 Å². The molecule has 6 nitrogen and oxygen atoms in total. The highest BCUT2D eigenvalue weighted by atomic mass is 32.2. The molecule has 1 saturated carbocycles. The molecule has 1 aliphatic heterocycles. The van der Waals surface area contributed by atoms with Crippen molar-refractivity contribution < 1.29 is 13.2 Å². The van der Waals surface area contributed by atoms with Crippen molar-refractivity contribution in [2.45, 2.75) is 43.4 Å². The first-order valence-electron chi connectivity index (χ1n) is 9.55. The summed E-state index contributed by atoms with van der Waals surface area (Å²) < 4.78 is 30.0. The summed E-state index contributed by atoms with van der Waals surface area (Å²) in [6, 6.07) is 2.08. The van der Waals surface area contributed by atoms with Gasteiger partial charge in [0.15, 0.2) is 15.7 Å². The molecule has 0 spiro atoms. The third-order valence-electron chi connectivity index (χ3n) is 5.86. The lowest BCUT2D eigenvalue weighted by Gasteiger charge is -2.40. The average Bonchev–Trinajstić information content (AvgIpc) is 2.60. The van der Waals surface area contributed by atoms with Crippen LogP contribution in [0.4, 0.5) is 5.82 Å². The fraction of sp³-hybridized carbons (Fsp3) is 0.550. The first-order valence-corrected chi connectivity index (χ1v) is 11.4. The standard InChI is InChI=1S/C20H26N3O3S/c1-15-14-26-12-11-23(15)18-13-17(20(9-6-10-20)27(2,24)25)21-19(22-18)16-7-4-3-5-8-16/h3-4,7-8,13,15H,5-6,9-12,14H2,1-2H3/t15-/m0/s1. The molecule has 1 aromatic heterocycles. The molecule has 145 valence electrons. The highest BCUT2D eigenvalue weighted by Crippen LogP contribution is 2.47. The van der Waals surface area contributed by atoms with E-state index in [1.807, 2.05) is 18.2 Å². The number of hydrogen-bond acceptors (Lipinski definition) is 6. The Kier molecular flexibility index (Phi) is 4.84. The van der Waals surface area contributed by atoms with Gasteiger partial charge < -0.3 is 9.64 Å². The van der Waals surface area contributed by atoms with Crippen LogP contribution in [0.5, 0.6) is 0 Å². The first-order chi connectivity index (χ1) is 12.9. The quantitative estimate of drug-likeness (QED) is 0.790. The van der Waals surface area contributed by atoms with E-state index in [1.54, 1.807) is 0 Å². The highest BCUT2D eigenvalue weighted by molar-refractivity contribution is 7.91. The van der Waals surface area contributed by atoms with Crippen molar-refractivity contribution in [3.05, 3.63) is 42.2 Å². The fourth-order valence-corrected chi connectivity index (χ4v) is 5.52. The second kappa shape index (κ2) is 7.02. The van der Waals surface area contributed by atoms with Crippen LogP contribution in [0.2, 0.25) is 0 Å². The minimum Gasteiger partial charge on any atom is -0.377 e. The molecule has 4 rings (SSSR count). The molecular formula is C20H26N3O3S. The second-order valence-electron chi connectivity index (χ2n) is 7.66. The van der Waals surface area contributed by atoms with E-state index in [1.165, 1.54) is 6.26 Å². The van der Waals surface area contributed by atoms with Gasteiger partial charge in [-0.15, -0.1) is 0 Å². The van der Waals surface area contributed by atoms with Crippen molar-refractivity contribution in [1.82, 2.24) is 9.97 Å². The minimum absolute atomic E-state index is 0.189. The number of aromatic nitrogens is 2. The molecule has 0 unspecified atom stereocenters. The summed E-state index contributed by atoms with van der Waals surface area (Å²) in [4.78, 5) is 11.8. The summed E-state index contributed by atoms with van der Waals surface area (Å²) >= 11 is 0. The molecule has 1 aromatic rings. The Morgan fingerprint density at radius 1 is 1.30 bits per heavy atom. The maximum atomic E-state index is 12.6. The van der Waals surface area contributed by atoms with Crippen LogP contribution in [-0.4, -0.2) is 50.4 Å². The van der Waals surface area contributed by atoms with Gasteiger partial charge in [-0.2, -0.15) is 0 Å². The van der Waals surface area contributed by atoms with Crippen LogP contribution in [-0.2, 0) is 19.3 Å². The van der Waals surface area contributed by atoms with Gasteiger partial charge in [0.25, 0.3) is 0 Å². The summed E-state index contributed by atoms with van der Waals surface area (Å²) in [5, 5.41) is 0. The van der Waals surface area contributed by atoms with E-state index in [2.05, 4.69) is 24.3 Å². The van der Waals surface area contributed by atoms with Crippen LogP contribution in [0.1, 0.15) is 44.1 Å². The van der Waals surface area contributed by atoms with Crippen LogP contribution in [0, 0.1) is 6.42 Å². The molecule has 2 fully saturated rings. The van der Waals surface area contributed by atoms with Gasteiger partial charge in [-0.1, -0.05) is 18.2 Å². The topological polar surface area (TPSA) is 72.4 Å². The van der Waals surface area contributed by atoms with E-state index in [0.29, 0.717) is 37.6 Å². The van der Waals surface area contributed by atoms with Crippen molar-refractivity contribution in [2.24, 2.45) is 0 Å². The van der Waals surface area contributed by atoms with Crippen LogP contribution in [0.15, 0.2) is 24.3 Å². The summed E-state index contributed by atoms with van der Waals surface area (Å²) in [7, 11) is -3.27. The lowest BCUT2D eigenvalue weighted by Crippen LogP contribution is -2.45. The Balaban J connectivity index is 1.84. The number of anilines is 1. The van der Waals surface area contributed by atoms with Crippen molar-refractivity contribution in [1.29, 1.82) is 0 Å². The van der Waals surface area contributed by atoms with Gasteiger partial charge in [0.2, 0.25) is 0 Å². The summed E-state index contributed by atoms with van der Waals surface area (Å²) in [6.45, 7) is 4.13. The molecule has 2 heterocycles. The van der Waals surface area contributed by atoms with E-state index in [-0.39, 0.29) is 6.04 Å². The summed E-state index contributed by atoms with van der Waals surface area (Å²) in [5.41, 5.74) is 1.59. The van der Waals surface area contributed by atoms with Crippen molar-refractivity contribution in [3.8, 4) is 0 Å². The number of ether oxygens (including phenoxy) is 1. The monoisotopic (exact) mass is 388 g/mol.